The molecule has 12 heavy (non-hydrogen) atoms. The average Bonchev–Trinajstić information content (AvgIpc) is 1.84. The SMILES string of the molecule is CN(C)C(=O)NCCS(C)(=O)=O. The van der Waals surface area contributed by atoms with E-state index < -0.39 is 9.84 Å². The van der Waals surface area contributed by atoms with E-state index in [1.165, 1.54) is 4.90 Å². The largest absolute Gasteiger partial charge is 0.337 e. The molecule has 0 heterocycles. The molecule has 5 nitrogen and oxygen atoms in total. The van der Waals surface area contributed by atoms with Gasteiger partial charge in [0.05, 0.1) is 5.75 Å². The van der Waals surface area contributed by atoms with Gasteiger partial charge in [-0.25, -0.2) is 13.2 Å². The number of hydrogen-bond acceptors (Lipinski definition) is 3. The number of urea groups is 1. The average molecular weight is 194 g/mol. The zero-order chi connectivity index (χ0) is 9.78. The maximum atomic E-state index is 10.8. The summed E-state index contributed by atoms with van der Waals surface area (Å²) in [5.74, 6) is -0.0213. The minimum Gasteiger partial charge on any atom is -0.337 e. The molecular formula is C6H14N2O3S. The number of hydrogen-bond donors (Lipinski definition) is 1. The Bertz CT molecular complexity index is 246. The lowest BCUT2D eigenvalue weighted by Crippen LogP contribution is -2.37. The van der Waals surface area contributed by atoms with Crippen molar-refractivity contribution in [3.8, 4) is 0 Å². The van der Waals surface area contributed by atoms with Crippen molar-refractivity contribution in [2.24, 2.45) is 0 Å². The van der Waals surface area contributed by atoms with Gasteiger partial charge in [0.25, 0.3) is 0 Å². The van der Waals surface area contributed by atoms with Gasteiger partial charge in [0.1, 0.15) is 9.84 Å². The van der Waals surface area contributed by atoms with Crippen molar-refractivity contribution in [2.75, 3.05) is 32.6 Å². The first kappa shape index (κ1) is 11.2. The van der Waals surface area contributed by atoms with E-state index in [0.717, 1.165) is 6.26 Å². The molecule has 0 aromatic heterocycles. The van der Waals surface area contributed by atoms with Gasteiger partial charge in [0, 0.05) is 26.9 Å². The van der Waals surface area contributed by atoms with Gasteiger partial charge in [-0.15, -0.1) is 0 Å². The van der Waals surface area contributed by atoms with Crippen molar-refractivity contribution in [3.05, 3.63) is 0 Å². The highest BCUT2D eigenvalue weighted by molar-refractivity contribution is 7.90. The second kappa shape index (κ2) is 4.30. The summed E-state index contributed by atoms with van der Waals surface area (Å²) in [5, 5.41) is 2.45. The maximum absolute atomic E-state index is 10.8. The van der Waals surface area contributed by atoms with E-state index >= 15 is 0 Å². The predicted octanol–water partition coefficient (Wildman–Crippen LogP) is -0.698. The molecule has 0 bridgehead atoms. The summed E-state index contributed by atoms with van der Waals surface area (Å²) in [5.41, 5.74) is 0. The normalized spacial score (nSPS) is 10.9. The monoisotopic (exact) mass is 194 g/mol. The molecule has 0 saturated carbocycles. The van der Waals surface area contributed by atoms with E-state index in [2.05, 4.69) is 5.32 Å². The molecule has 0 spiro atoms. The first-order valence-electron chi connectivity index (χ1n) is 3.46. The Morgan fingerprint density at radius 3 is 2.25 bits per heavy atom. The predicted molar refractivity (Wildman–Crippen MR) is 46.8 cm³/mol. The number of nitrogens with one attached hydrogen (secondary N) is 1. The van der Waals surface area contributed by atoms with Crippen molar-refractivity contribution in [3.63, 3.8) is 0 Å². The number of sulfone groups is 1. The number of rotatable bonds is 3. The molecule has 0 unspecified atom stereocenters. The Labute approximate surface area is 72.7 Å². The van der Waals surface area contributed by atoms with Crippen LogP contribution in [0.3, 0.4) is 0 Å². The van der Waals surface area contributed by atoms with E-state index in [9.17, 15) is 13.2 Å². The zero-order valence-corrected chi connectivity index (χ0v) is 8.31. The summed E-state index contributed by atoms with van der Waals surface area (Å²) in [7, 11) is 0.207. The van der Waals surface area contributed by atoms with Gasteiger partial charge in [0.15, 0.2) is 0 Å². The van der Waals surface area contributed by atoms with Gasteiger partial charge in [-0.05, 0) is 0 Å². The molecule has 0 saturated heterocycles. The first-order chi connectivity index (χ1) is 5.33. The van der Waals surface area contributed by atoms with Crippen LogP contribution in [0.2, 0.25) is 0 Å². The Morgan fingerprint density at radius 2 is 1.92 bits per heavy atom. The van der Waals surface area contributed by atoms with Gasteiger partial charge in [-0.2, -0.15) is 0 Å². The van der Waals surface area contributed by atoms with Crippen LogP contribution < -0.4 is 5.32 Å². The summed E-state index contributed by atoms with van der Waals surface area (Å²) in [6, 6.07) is -0.279. The highest BCUT2D eigenvalue weighted by Crippen LogP contribution is 1.81. The van der Waals surface area contributed by atoms with Gasteiger partial charge in [-0.1, -0.05) is 0 Å². The van der Waals surface area contributed by atoms with Crippen molar-refractivity contribution in [1.29, 1.82) is 0 Å². The fourth-order valence-corrected chi connectivity index (χ4v) is 0.974. The molecule has 0 fully saturated rings. The third-order valence-electron chi connectivity index (χ3n) is 1.16. The van der Waals surface area contributed by atoms with E-state index in [0.29, 0.717) is 0 Å². The highest BCUT2D eigenvalue weighted by atomic mass is 32.2. The van der Waals surface area contributed by atoms with Crippen LogP contribution in [0, 0.1) is 0 Å². The molecule has 1 N–H and O–H groups in total. The highest BCUT2D eigenvalue weighted by Gasteiger charge is 2.05. The third kappa shape index (κ3) is 5.96. The molecule has 0 aromatic rings. The standard InChI is InChI=1S/C6H14N2O3S/c1-8(2)6(9)7-4-5-12(3,10)11/h4-5H2,1-3H3,(H,7,9). The minimum absolute atomic E-state index is 0.0213. The van der Waals surface area contributed by atoms with Crippen molar-refractivity contribution >= 4 is 15.9 Å². The van der Waals surface area contributed by atoms with Gasteiger partial charge < -0.3 is 10.2 Å². The summed E-state index contributed by atoms with van der Waals surface area (Å²) in [6.45, 7) is 0.163. The summed E-state index contributed by atoms with van der Waals surface area (Å²) >= 11 is 0. The molecule has 0 atom stereocenters. The van der Waals surface area contributed by atoms with E-state index in [1.807, 2.05) is 0 Å². The molecule has 0 aliphatic heterocycles. The lowest BCUT2D eigenvalue weighted by molar-refractivity contribution is 0.218. The summed E-state index contributed by atoms with van der Waals surface area (Å²) in [4.78, 5) is 12.2. The zero-order valence-electron chi connectivity index (χ0n) is 7.49. The van der Waals surface area contributed by atoms with E-state index in [1.54, 1.807) is 14.1 Å². The maximum Gasteiger partial charge on any atom is 0.316 e. The molecule has 0 aliphatic rings. The van der Waals surface area contributed by atoms with Crippen LogP contribution in [0.15, 0.2) is 0 Å². The fraction of sp³-hybridized carbons (Fsp3) is 0.833. The molecule has 72 valence electrons. The fourth-order valence-electron chi connectivity index (χ4n) is 0.501. The Hall–Kier alpha value is -0.780. The topological polar surface area (TPSA) is 66.5 Å². The number of nitrogens with zero attached hydrogens (tertiary/aromatic N) is 1. The van der Waals surface area contributed by atoms with E-state index in [-0.39, 0.29) is 18.3 Å². The Kier molecular flexibility index (Phi) is 4.02. The van der Waals surface area contributed by atoms with Crippen molar-refractivity contribution in [1.82, 2.24) is 10.2 Å². The molecule has 2 amide bonds. The first-order valence-corrected chi connectivity index (χ1v) is 5.52. The third-order valence-corrected chi connectivity index (χ3v) is 2.10. The van der Waals surface area contributed by atoms with Gasteiger partial charge >= 0.3 is 6.03 Å². The van der Waals surface area contributed by atoms with Crippen LogP contribution in [-0.4, -0.2) is 52.0 Å². The molecule has 0 aromatic carbocycles. The van der Waals surface area contributed by atoms with E-state index in [4.69, 9.17) is 0 Å². The van der Waals surface area contributed by atoms with Crippen LogP contribution in [0.4, 0.5) is 4.79 Å². The Balaban J connectivity index is 3.66. The van der Waals surface area contributed by atoms with Crippen LogP contribution in [-0.2, 0) is 9.84 Å². The summed E-state index contributed by atoms with van der Waals surface area (Å²) < 4.78 is 21.2. The molecule has 0 rings (SSSR count). The molecule has 0 radical (unpaired) electrons. The second-order valence-electron chi connectivity index (χ2n) is 2.76. The molecule has 0 aliphatic carbocycles. The number of amides is 2. The number of carbonyl (C=O) groups excluding carboxylic acids is 1. The van der Waals surface area contributed by atoms with Crippen LogP contribution >= 0.6 is 0 Å². The van der Waals surface area contributed by atoms with Crippen LogP contribution in [0.1, 0.15) is 0 Å². The smallest absolute Gasteiger partial charge is 0.316 e. The van der Waals surface area contributed by atoms with Crippen molar-refractivity contribution in [2.45, 2.75) is 0 Å². The second-order valence-corrected chi connectivity index (χ2v) is 5.02. The Morgan fingerprint density at radius 1 is 1.42 bits per heavy atom. The molecular weight excluding hydrogens is 180 g/mol. The number of carbonyl (C=O) groups is 1. The van der Waals surface area contributed by atoms with Gasteiger partial charge in [-0.3, -0.25) is 0 Å². The molecule has 6 heteroatoms. The van der Waals surface area contributed by atoms with Gasteiger partial charge in [0.2, 0.25) is 0 Å². The lowest BCUT2D eigenvalue weighted by Gasteiger charge is -2.10. The lowest BCUT2D eigenvalue weighted by atomic mass is 10.7. The van der Waals surface area contributed by atoms with Crippen LogP contribution in [0.5, 0.6) is 0 Å². The summed E-state index contributed by atoms with van der Waals surface area (Å²) in [6.07, 6.45) is 1.13. The minimum atomic E-state index is -2.98. The van der Waals surface area contributed by atoms with Crippen molar-refractivity contribution < 1.29 is 13.2 Å². The van der Waals surface area contributed by atoms with Crippen LogP contribution in [0.25, 0.3) is 0 Å². The quantitative estimate of drug-likeness (QED) is 0.646.